The predicted octanol–water partition coefficient (Wildman–Crippen LogP) is 3.79. The van der Waals surface area contributed by atoms with Crippen LogP contribution in [-0.2, 0) is 6.54 Å². The highest BCUT2D eigenvalue weighted by Crippen LogP contribution is 2.31. The summed E-state index contributed by atoms with van der Waals surface area (Å²) in [5.74, 6) is 0.819. The van der Waals surface area contributed by atoms with E-state index >= 15 is 0 Å². The van der Waals surface area contributed by atoms with E-state index in [1.165, 1.54) is 4.90 Å². The molecule has 1 atom stereocenters. The summed E-state index contributed by atoms with van der Waals surface area (Å²) in [4.78, 5) is 41.8. The quantitative estimate of drug-likeness (QED) is 0.473. The van der Waals surface area contributed by atoms with Crippen LogP contribution in [0.2, 0.25) is 0 Å². The molecule has 184 valence electrons. The summed E-state index contributed by atoms with van der Waals surface area (Å²) in [6.45, 7) is 2.92. The highest BCUT2D eigenvalue weighted by Gasteiger charge is 2.35. The van der Waals surface area contributed by atoms with Crippen molar-refractivity contribution in [2.75, 3.05) is 26.8 Å². The van der Waals surface area contributed by atoms with Crippen LogP contribution in [0.15, 0.2) is 66.7 Å². The summed E-state index contributed by atoms with van der Waals surface area (Å²) in [7, 11) is 1.69. The number of hydrogen-bond donors (Lipinski definition) is 0. The maximum absolute atomic E-state index is 13.5. The van der Waals surface area contributed by atoms with Crippen molar-refractivity contribution in [3.63, 3.8) is 0 Å². The van der Waals surface area contributed by atoms with Gasteiger partial charge in [0.2, 0.25) is 0 Å². The molecule has 0 saturated heterocycles. The van der Waals surface area contributed by atoms with Crippen LogP contribution in [0.25, 0.3) is 0 Å². The van der Waals surface area contributed by atoms with Gasteiger partial charge in [-0.3, -0.25) is 19.3 Å². The van der Waals surface area contributed by atoms with Crippen molar-refractivity contribution in [1.82, 2.24) is 9.80 Å². The van der Waals surface area contributed by atoms with Gasteiger partial charge >= 0.3 is 0 Å². The van der Waals surface area contributed by atoms with Gasteiger partial charge in [0.25, 0.3) is 17.7 Å². The number of carbonyl (C=O) groups is 3. The van der Waals surface area contributed by atoms with Crippen molar-refractivity contribution in [3.05, 3.63) is 89.0 Å². The number of fused-ring (bicyclic) bond motifs is 2. The molecule has 0 unspecified atom stereocenters. The maximum atomic E-state index is 13.5. The van der Waals surface area contributed by atoms with Crippen LogP contribution >= 0.6 is 0 Å². The molecule has 3 amide bonds. The Hall–Kier alpha value is -4.33. The van der Waals surface area contributed by atoms with Crippen molar-refractivity contribution in [2.24, 2.45) is 0 Å². The van der Waals surface area contributed by atoms with E-state index in [0.717, 1.165) is 0 Å². The molecule has 0 saturated carbocycles. The molecule has 36 heavy (non-hydrogen) atoms. The lowest BCUT2D eigenvalue weighted by atomic mass is 10.1. The lowest BCUT2D eigenvalue weighted by molar-refractivity contribution is 0.0518. The third-order valence-corrected chi connectivity index (χ3v) is 6.18. The van der Waals surface area contributed by atoms with Gasteiger partial charge < -0.3 is 19.1 Å². The van der Waals surface area contributed by atoms with Crippen LogP contribution < -0.4 is 14.2 Å². The molecule has 0 aliphatic carbocycles. The SMILES string of the molecule is CCOc1ccc(CN2C(=O)c3ccccc3C2=O)cc1C(=O)N(C)C[C@@H]1COc2ccccc2O1. The minimum atomic E-state index is -0.343. The number of benzene rings is 3. The van der Waals surface area contributed by atoms with Crippen LogP contribution in [-0.4, -0.2) is 60.4 Å². The molecule has 2 aliphatic rings. The van der Waals surface area contributed by atoms with Gasteiger partial charge in [-0.15, -0.1) is 0 Å². The fourth-order valence-corrected chi connectivity index (χ4v) is 4.44. The highest BCUT2D eigenvalue weighted by atomic mass is 16.6. The summed E-state index contributed by atoms with van der Waals surface area (Å²) >= 11 is 0. The van der Waals surface area contributed by atoms with Crippen LogP contribution in [0.1, 0.15) is 43.6 Å². The second-order valence-electron chi connectivity index (χ2n) is 8.69. The number of hydrogen-bond acceptors (Lipinski definition) is 6. The van der Waals surface area contributed by atoms with Gasteiger partial charge in [-0.05, 0) is 48.9 Å². The topological polar surface area (TPSA) is 85.4 Å². The van der Waals surface area contributed by atoms with E-state index in [-0.39, 0.29) is 30.4 Å². The van der Waals surface area contributed by atoms with Crippen LogP contribution in [0.4, 0.5) is 0 Å². The molecule has 0 radical (unpaired) electrons. The molecule has 0 bridgehead atoms. The molecule has 3 aromatic rings. The molecule has 0 N–H and O–H groups in total. The Labute approximate surface area is 209 Å². The van der Waals surface area contributed by atoms with Gasteiger partial charge in [-0.25, -0.2) is 0 Å². The van der Waals surface area contributed by atoms with Crippen LogP contribution in [0.3, 0.4) is 0 Å². The van der Waals surface area contributed by atoms with Crippen molar-refractivity contribution in [3.8, 4) is 17.2 Å². The van der Waals surface area contributed by atoms with E-state index in [1.807, 2.05) is 31.2 Å². The number of ether oxygens (including phenoxy) is 3. The van der Waals surface area contributed by atoms with Gasteiger partial charge in [0.05, 0.1) is 36.4 Å². The molecule has 8 heteroatoms. The first-order valence-corrected chi connectivity index (χ1v) is 11.8. The Morgan fingerprint density at radius 2 is 1.67 bits per heavy atom. The highest BCUT2D eigenvalue weighted by molar-refractivity contribution is 6.21. The minimum absolute atomic E-state index is 0.0547. The Morgan fingerprint density at radius 3 is 2.36 bits per heavy atom. The Kier molecular flexibility index (Phi) is 6.33. The standard InChI is InChI=1S/C28H26N2O6/c1-3-34-23-13-12-18(15-30-27(32)20-8-4-5-9-21(20)28(30)33)14-22(23)26(31)29(2)16-19-17-35-24-10-6-7-11-25(24)36-19/h4-14,19H,3,15-17H2,1-2H3/t19-/m1/s1. The van der Waals surface area contributed by atoms with Crippen molar-refractivity contribution < 1.29 is 28.6 Å². The summed E-state index contributed by atoms with van der Waals surface area (Å²) in [6, 6.07) is 19.3. The average Bonchev–Trinajstić information content (AvgIpc) is 3.14. The third-order valence-electron chi connectivity index (χ3n) is 6.18. The summed E-state index contributed by atoms with van der Waals surface area (Å²) in [6.07, 6.45) is -0.328. The smallest absolute Gasteiger partial charge is 0.261 e. The molecule has 0 fully saturated rings. The maximum Gasteiger partial charge on any atom is 0.261 e. The molecular formula is C28H26N2O6. The molecule has 2 heterocycles. The number of rotatable bonds is 7. The zero-order valence-corrected chi connectivity index (χ0v) is 20.1. The number of imide groups is 1. The van der Waals surface area contributed by atoms with Crippen molar-refractivity contribution in [1.29, 1.82) is 0 Å². The normalized spacial score (nSPS) is 16.1. The Morgan fingerprint density at radius 1 is 1.00 bits per heavy atom. The van der Waals surface area contributed by atoms with Gasteiger partial charge in [-0.1, -0.05) is 30.3 Å². The first-order chi connectivity index (χ1) is 17.5. The lowest BCUT2D eigenvalue weighted by Gasteiger charge is -2.30. The number of para-hydroxylation sites is 2. The summed E-state index contributed by atoms with van der Waals surface area (Å²) in [5.41, 5.74) is 1.78. The minimum Gasteiger partial charge on any atom is -0.493 e. The molecular weight excluding hydrogens is 460 g/mol. The fourth-order valence-electron chi connectivity index (χ4n) is 4.44. The van der Waals surface area contributed by atoms with E-state index in [2.05, 4.69) is 0 Å². The molecule has 3 aromatic carbocycles. The molecule has 0 aromatic heterocycles. The summed E-state index contributed by atoms with van der Waals surface area (Å²) < 4.78 is 17.5. The predicted molar refractivity (Wildman–Crippen MR) is 132 cm³/mol. The molecule has 5 rings (SSSR count). The number of amides is 3. The second-order valence-corrected chi connectivity index (χ2v) is 8.69. The lowest BCUT2D eigenvalue weighted by Crippen LogP contribution is -2.42. The number of carbonyl (C=O) groups excluding carboxylic acids is 3. The first-order valence-electron chi connectivity index (χ1n) is 11.8. The van der Waals surface area contributed by atoms with Gasteiger partial charge in [0, 0.05) is 7.05 Å². The average molecular weight is 487 g/mol. The van der Waals surface area contributed by atoms with Gasteiger partial charge in [-0.2, -0.15) is 0 Å². The fraction of sp³-hybridized carbons (Fsp3) is 0.250. The Bertz CT molecular complexity index is 1300. The third kappa shape index (κ3) is 4.37. The van der Waals surface area contributed by atoms with E-state index in [1.54, 1.807) is 54.4 Å². The van der Waals surface area contributed by atoms with E-state index in [4.69, 9.17) is 14.2 Å². The van der Waals surface area contributed by atoms with Crippen LogP contribution in [0.5, 0.6) is 17.2 Å². The van der Waals surface area contributed by atoms with E-state index in [0.29, 0.717) is 59.3 Å². The van der Waals surface area contributed by atoms with E-state index < -0.39 is 0 Å². The molecule has 0 spiro atoms. The number of nitrogens with zero attached hydrogens (tertiary/aromatic N) is 2. The Balaban J connectivity index is 1.34. The van der Waals surface area contributed by atoms with Gasteiger partial charge in [0.15, 0.2) is 17.6 Å². The van der Waals surface area contributed by atoms with E-state index in [9.17, 15) is 14.4 Å². The second kappa shape index (κ2) is 9.73. The van der Waals surface area contributed by atoms with Crippen molar-refractivity contribution in [2.45, 2.75) is 19.6 Å². The van der Waals surface area contributed by atoms with Crippen molar-refractivity contribution >= 4 is 17.7 Å². The number of likely N-dealkylation sites (N-methyl/N-ethyl adjacent to an activating group) is 1. The molecule has 8 nitrogen and oxygen atoms in total. The first kappa shape index (κ1) is 23.4. The zero-order valence-electron chi connectivity index (χ0n) is 20.1. The zero-order chi connectivity index (χ0) is 25.2. The van der Waals surface area contributed by atoms with Crippen LogP contribution in [0, 0.1) is 0 Å². The van der Waals surface area contributed by atoms with Gasteiger partial charge in [0.1, 0.15) is 12.4 Å². The monoisotopic (exact) mass is 486 g/mol. The molecule has 2 aliphatic heterocycles. The summed E-state index contributed by atoms with van der Waals surface area (Å²) in [5, 5.41) is 0. The largest absolute Gasteiger partial charge is 0.493 e.